The van der Waals surface area contributed by atoms with Gasteiger partial charge in [0, 0.05) is 24.1 Å². The van der Waals surface area contributed by atoms with Crippen LogP contribution in [0, 0.1) is 0 Å². The van der Waals surface area contributed by atoms with E-state index in [0.29, 0.717) is 0 Å². The Bertz CT molecular complexity index is 830. The molecule has 0 radical (unpaired) electrons. The molecule has 0 aliphatic heterocycles. The van der Waals surface area contributed by atoms with Crippen molar-refractivity contribution in [3.05, 3.63) is 83.7 Å². The average Bonchev–Trinajstić information content (AvgIpc) is 2.54. The van der Waals surface area contributed by atoms with Gasteiger partial charge in [-0.3, -0.25) is 9.78 Å². The third-order valence-electron chi connectivity index (χ3n) is 3.55. The van der Waals surface area contributed by atoms with E-state index in [9.17, 15) is 4.79 Å². The number of carbonyl (C=O) groups excluding carboxylic acids is 1. The van der Waals surface area contributed by atoms with Crippen molar-refractivity contribution in [3.63, 3.8) is 0 Å². The monoisotopic (exact) mass is 288 g/mol. The zero-order valence-corrected chi connectivity index (χ0v) is 12.1. The van der Waals surface area contributed by atoms with Gasteiger partial charge in [-0.25, -0.2) is 0 Å². The Morgan fingerprint density at radius 2 is 1.82 bits per heavy atom. The molecular formula is C19H16N2O. The molecule has 1 aromatic heterocycles. The fourth-order valence-electron chi connectivity index (χ4n) is 2.44. The number of fused-ring (bicyclic) bond motifs is 1. The van der Waals surface area contributed by atoms with Crippen molar-refractivity contribution < 1.29 is 4.79 Å². The molecule has 1 heterocycles. The molecule has 0 spiro atoms. The first-order valence-corrected chi connectivity index (χ1v) is 7.11. The fraction of sp³-hybridized carbons (Fsp3) is 0.0526. The number of rotatable bonds is 4. The number of benzene rings is 2. The summed E-state index contributed by atoms with van der Waals surface area (Å²) in [5.74, 6) is -0.441. The number of hydrogen-bond donors (Lipinski definition) is 1. The van der Waals surface area contributed by atoms with E-state index in [1.54, 1.807) is 6.08 Å². The van der Waals surface area contributed by atoms with Gasteiger partial charge in [0.15, 0.2) is 0 Å². The molecule has 3 nitrogen and oxygen atoms in total. The lowest BCUT2D eigenvalue weighted by Crippen LogP contribution is -2.05. The van der Waals surface area contributed by atoms with Gasteiger partial charge < -0.3 is 5.73 Å². The zero-order valence-electron chi connectivity index (χ0n) is 12.1. The third kappa shape index (κ3) is 3.20. The van der Waals surface area contributed by atoms with Gasteiger partial charge in [-0.1, -0.05) is 48.5 Å². The molecule has 22 heavy (non-hydrogen) atoms. The van der Waals surface area contributed by atoms with E-state index in [1.807, 2.05) is 48.7 Å². The van der Waals surface area contributed by atoms with E-state index in [1.165, 1.54) is 22.4 Å². The molecule has 0 saturated heterocycles. The van der Waals surface area contributed by atoms with Crippen molar-refractivity contribution in [2.24, 2.45) is 5.73 Å². The van der Waals surface area contributed by atoms with Crippen LogP contribution in [-0.2, 0) is 11.2 Å². The van der Waals surface area contributed by atoms with Gasteiger partial charge >= 0.3 is 0 Å². The summed E-state index contributed by atoms with van der Waals surface area (Å²) in [5.41, 5.74) is 8.29. The van der Waals surface area contributed by atoms with Crippen molar-refractivity contribution in [3.8, 4) is 0 Å². The lowest BCUT2D eigenvalue weighted by Gasteiger charge is -2.06. The Balaban J connectivity index is 1.85. The summed E-state index contributed by atoms with van der Waals surface area (Å²) in [4.78, 5) is 15.2. The van der Waals surface area contributed by atoms with Crippen LogP contribution in [0.3, 0.4) is 0 Å². The van der Waals surface area contributed by atoms with E-state index in [-0.39, 0.29) is 0 Å². The van der Waals surface area contributed by atoms with Crippen LogP contribution in [0.1, 0.15) is 16.8 Å². The maximum absolute atomic E-state index is 10.7. The van der Waals surface area contributed by atoms with Crippen molar-refractivity contribution >= 4 is 22.8 Å². The molecule has 3 aromatic rings. The Labute approximate surface area is 129 Å². The molecule has 3 heteroatoms. The lowest BCUT2D eigenvalue weighted by atomic mass is 10.0. The number of nitrogens with two attached hydrogens (primary N) is 1. The van der Waals surface area contributed by atoms with Crippen LogP contribution in [0.4, 0.5) is 0 Å². The number of nitrogens with zero attached hydrogens (tertiary/aromatic N) is 1. The summed E-state index contributed by atoms with van der Waals surface area (Å²) < 4.78 is 0. The van der Waals surface area contributed by atoms with Gasteiger partial charge in [0.2, 0.25) is 5.91 Å². The van der Waals surface area contributed by atoms with Crippen LogP contribution in [0.2, 0.25) is 0 Å². The van der Waals surface area contributed by atoms with Gasteiger partial charge in [0.1, 0.15) is 0 Å². The van der Waals surface area contributed by atoms with Crippen molar-refractivity contribution in [2.75, 3.05) is 0 Å². The quantitative estimate of drug-likeness (QED) is 0.749. The number of amides is 1. The van der Waals surface area contributed by atoms with E-state index < -0.39 is 5.91 Å². The Hall–Kier alpha value is -2.94. The molecule has 0 bridgehead atoms. The van der Waals surface area contributed by atoms with Crippen LogP contribution >= 0.6 is 0 Å². The predicted molar refractivity (Wildman–Crippen MR) is 89.2 cm³/mol. The molecule has 0 aliphatic rings. The minimum Gasteiger partial charge on any atom is -0.366 e. The smallest absolute Gasteiger partial charge is 0.241 e. The van der Waals surface area contributed by atoms with Crippen molar-refractivity contribution in [2.45, 2.75) is 6.42 Å². The minimum atomic E-state index is -0.441. The molecule has 0 saturated carbocycles. The highest BCUT2D eigenvalue weighted by Gasteiger charge is 2.03. The standard InChI is InChI=1S/C19H16N2O/c20-19(22)10-9-14-5-7-15(8-6-14)13-18-17-4-2-1-3-16(17)11-12-21-18/h1-12H,13H2,(H2,20,22)/b10-9+. The van der Waals surface area contributed by atoms with E-state index in [0.717, 1.165) is 17.7 Å². The normalized spacial score (nSPS) is 11.1. The summed E-state index contributed by atoms with van der Waals surface area (Å²) in [6, 6.07) is 18.3. The maximum Gasteiger partial charge on any atom is 0.241 e. The number of primary amides is 1. The fourth-order valence-corrected chi connectivity index (χ4v) is 2.44. The third-order valence-corrected chi connectivity index (χ3v) is 3.55. The molecule has 1 amide bonds. The highest BCUT2D eigenvalue weighted by Crippen LogP contribution is 2.19. The number of aromatic nitrogens is 1. The molecular weight excluding hydrogens is 272 g/mol. The molecule has 0 unspecified atom stereocenters. The van der Waals surface area contributed by atoms with Crippen LogP contribution < -0.4 is 5.73 Å². The SMILES string of the molecule is NC(=O)/C=C/c1ccc(Cc2nccc3ccccc23)cc1. The number of carbonyl (C=O) groups is 1. The first-order valence-electron chi connectivity index (χ1n) is 7.11. The highest BCUT2D eigenvalue weighted by atomic mass is 16.1. The Morgan fingerprint density at radius 1 is 1.05 bits per heavy atom. The first-order chi connectivity index (χ1) is 10.7. The lowest BCUT2D eigenvalue weighted by molar-refractivity contribution is -0.113. The van der Waals surface area contributed by atoms with Gasteiger partial charge in [0.05, 0.1) is 5.69 Å². The number of hydrogen-bond acceptors (Lipinski definition) is 2. The van der Waals surface area contributed by atoms with Crippen LogP contribution in [0.15, 0.2) is 66.9 Å². The largest absolute Gasteiger partial charge is 0.366 e. The van der Waals surface area contributed by atoms with Gasteiger partial charge in [-0.15, -0.1) is 0 Å². The van der Waals surface area contributed by atoms with Crippen LogP contribution in [0.25, 0.3) is 16.8 Å². The number of pyridine rings is 1. The summed E-state index contributed by atoms with van der Waals surface area (Å²) in [6.45, 7) is 0. The van der Waals surface area contributed by atoms with E-state index in [4.69, 9.17) is 5.73 Å². The molecule has 0 atom stereocenters. The van der Waals surface area contributed by atoms with Gasteiger partial charge in [-0.2, -0.15) is 0 Å². The molecule has 2 N–H and O–H groups in total. The van der Waals surface area contributed by atoms with E-state index >= 15 is 0 Å². The first kappa shape index (κ1) is 14.0. The predicted octanol–water partition coefficient (Wildman–Crippen LogP) is 3.32. The van der Waals surface area contributed by atoms with Gasteiger partial charge in [0.25, 0.3) is 0 Å². The second-order valence-electron chi connectivity index (χ2n) is 5.13. The van der Waals surface area contributed by atoms with Crippen LogP contribution in [-0.4, -0.2) is 10.9 Å². The second-order valence-corrected chi connectivity index (χ2v) is 5.13. The summed E-state index contributed by atoms with van der Waals surface area (Å²) in [6.07, 6.45) is 5.70. The molecule has 3 rings (SSSR count). The minimum absolute atomic E-state index is 0.441. The maximum atomic E-state index is 10.7. The highest BCUT2D eigenvalue weighted by molar-refractivity contribution is 5.90. The summed E-state index contributed by atoms with van der Waals surface area (Å²) >= 11 is 0. The summed E-state index contributed by atoms with van der Waals surface area (Å²) in [7, 11) is 0. The molecule has 0 fully saturated rings. The zero-order chi connectivity index (χ0) is 15.4. The summed E-state index contributed by atoms with van der Waals surface area (Å²) in [5, 5.41) is 2.39. The van der Waals surface area contributed by atoms with E-state index in [2.05, 4.69) is 17.1 Å². The second kappa shape index (κ2) is 6.22. The molecule has 108 valence electrons. The van der Waals surface area contributed by atoms with Crippen molar-refractivity contribution in [1.82, 2.24) is 4.98 Å². The topological polar surface area (TPSA) is 56.0 Å². The Morgan fingerprint density at radius 3 is 2.59 bits per heavy atom. The molecule has 0 aliphatic carbocycles. The Kier molecular flexibility index (Phi) is 3.97. The van der Waals surface area contributed by atoms with Gasteiger partial charge in [-0.05, 0) is 28.7 Å². The van der Waals surface area contributed by atoms with Crippen molar-refractivity contribution in [1.29, 1.82) is 0 Å². The molecule has 2 aromatic carbocycles. The average molecular weight is 288 g/mol. The van der Waals surface area contributed by atoms with Crippen LogP contribution in [0.5, 0.6) is 0 Å².